The van der Waals surface area contributed by atoms with Crippen LogP contribution in [0.2, 0.25) is 0 Å². The second-order valence-corrected chi connectivity index (χ2v) is 8.36. The van der Waals surface area contributed by atoms with Crippen molar-refractivity contribution in [3.63, 3.8) is 0 Å². The van der Waals surface area contributed by atoms with Crippen LogP contribution in [0, 0.1) is 5.82 Å². The van der Waals surface area contributed by atoms with Crippen LogP contribution in [-0.4, -0.2) is 20.9 Å². The Morgan fingerprint density at radius 1 is 1.00 bits per heavy atom. The fourth-order valence-electron chi connectivity index (χ4n) is 2.91. The molecule has 0 aliphatic rings. The standard InChI is InChI=1S/C23H23FN2O4S/c1-3-16-9-11-17(12-10-16)26-31(28,29)18-13-14-22(30-4-2)21(15-18)25-23(27)19-7-5-6-8-20(19)24/h5-15,26H,3-4H2,1-2H3,(H,25,27). The maximum Gasteiger partial charge on any atom is 0.261 e. The highest BCUT2D eigenvalue weighted by Gasteiger charge is 2.19. The number of rotatable bonds is 8. The predicted octanol–water partition coefficient (Wildman–Crippen LogP) is 4.84. The van der Waals surface area contributed by atoms with Gasteiger partial charge in [0.2, 0.25) is 0 Å². The van der Waals surface area contributed by atoms with Gasteiger partial charge in [-0.3, -0.25) is 9.52 Å². The summed E-state index contributed by atoms with van der Waals surface area (Å²) in [5.41, 5.74) is 1.47. The van der Waals surface area contributed by atoms with E-state index in [1.165, 1.54) is 42.5 Å². The van der Waals surface area contributed by atoms with Crippen LogP contribution in [0.15, 0.2) is 71.6 Å². The lowest BCUT2D eigenvalue weighted by atomic mass is 10.2. The number of halogens is 1. The van der Waals surface area contributed by atoms with E-state index in [1.54, 1.807) is 19.1 Å². The summed E-state index contributed by atoms with van der Waals surface area (Å²) in [7, 11) is -3.93. The van der Waals surface area contributed by atoms with E-state index in [9.17, 15) is 17.6 Å². The molecule has 0 atom stereocenters. The van der Waals surface area contributed by atoms with E-state index in [-0.39, 0.29) is 21.9 Å². The molecule has 0 heterocycles. The van der Waals surface area contributed by atoms with Crippen LogP contribution in [0.25, 0.3) is 0 Å². The molecular weight excluding hydrogens is 419 g/mol. The third-order valence-electron chi connectivity index (χ3n) is 4.54. The number of hydrogen-bond donors (Lipinski definition) is 2. The van der Waals surface area contributed by atoms with E-state index in [2.05, 4.69) is 10.0 Å². The van der Waals surface area contributed by atoms with Crippen molar-refractivity contribution in [1.29, 1.82) is 0 Å². The minimum Gasteiger partial charge on any atom is -0.492 e. The Hall–Kier alpha value is -3.39. The van der Waals surface area contributed by atoms with Crippen LogP contribution in [0.3, 0.4) is 0 Å². The lowest BCUT2D eigenvalue weighted by Gasteiger charge is -2.15. The van der Waals surface area contributed by atoms with Gasteiger partial charge in [-0.25, -0.2) is 12.8 Å². The summed E-state index contributed by atoms with van der Waals surface area (Å²) in [6.45, 7) is 4.07. The number of nitrogens with one attached hydrogen (secondary N) is 2. The number of benzene rings is 3. The molecule has 0 unspecified atom stereocenters. The Morgan fingerprint density at radius 3 is 2.35 bits per heavy atom. The van der Waals surface area contributed by atoms with Gasteiger partial charge in [0.25, 0.3) is 15.9 Å². The van der Waals surface area contributed by atoms with E-state index in [4.69, 9.17) is 4.74 Å². The maximum atomic E-state index is 14.0. The number of amides is 1. The number of aryl methyl sites for hydroxylation is 1. The lowest BCUT2D eigenvalue weighted by molar-refractivity contribution is 0.102. The van der Waals surface area contributed by atoms with E-state index in [1.807, 2.05) is 19.1 Å². The number of carbonyl (C=O) groups excluding carboxylic acids is 1. The van der Waals surface area contributed by atoms with Gasteiger partial charge in [-0.1, -0.05) is 31.2 Å². The molecule has 3 rings (SSSR count). The fraction of sp³-hybridized carbons (Fsp3) is 0.174. The molecule has 0 spiro atoms. The van der Waals surface area contributed by atoms with Crippen molar-refractivity contribution in [1.82, 2.24) is 0 Å². The molecule has 3 aromatic carbocycles. The second kappa shape index (κ2) is 9.61. The quantitative estimate of drug-likeness (QED) is 0.523. The number of sulfonamides is 1. The molecule has 0 saturated carbocycles. The first-order valence-corrected chi connectivity index (χ1v) is 11.3. The molecule has 0 aromatic heterocycles. The molecule has 162 valence electrons. The third kappa shape index (κ3) is 5.40. The predicted molar refractivity (Wildman–Crippen MR) is 119 cm³/mol. The van der Waals surface area contributed by atoms with E-state index < -0.39 is 21.7 Å². The normalized spacial score (nSPS) is 11.1. The van der Waals surface area contributed by atoms with Crippen LogP contribution in [0.5, 0.6) is 5.75 Å². The zero-order valence-corrected chi connectivity index (χ0v) is 18.0. The molecule has 0 aliphatic heterocycles. The van der Waals surface area contributed by atoms with Crippen molar-refractivity contribution in [2.24, 2.45) is 0 Å². The van der Waals surface area contributed by atoms with Crippen LogP contribution < -0.4 is 14.8 Å². The Kier molecular flexibility index (Phi) is 6.91. The molecule has 0 fully saturated rings. The SMILES string of the molecule is CCOc1ccc(S(=O)(=O)Nc2ccc(CC)cc2)cc1NC(=O)c1ccccc1F. The van der Waals surface area contributed by atoms with E-state index in [0.29, 0.717) is 12.3 Å². The van der Waals surface area contributed by atoms with Crippen molar-refractivity contribution in [2.75, 3.05) is 16.6 Å². The van der Waals surface area contributed by atoms with Crippen LogP contribution in [0.4, 0.5) is 15.8 Å². The van der Waals surface area contributed by atoms with Crippen LogP contribution in [-0.2, 0) is 16.4 Å². The Morgan fingerprint density at radius 2 is 1.71 bits per heavy atom. The van der Waals surface area contributed by atoms with E-state index in [0.717, 1.165) is 12.0 Å². The summed E-state index contributed by atoms with van der Waals surface area (Å²) in [4.78, 5) is 12.5. The molecule has 8 heteroatoms. The maximum absolute atomic E-state index is 14.0. The molecule has 1 amide bonds. The largest absolute Gasteiger partial charge is 0.492 e. The minimum atomic E-state index is -3.93. The summed E-state index contributed by atoms with van der Waals surface area (Å²) in [5, 5.41) is 2.55. The van der Waals surface area contributed by atoms with Gasteiger partial charge in [-0.05, 0) is 61.4 Å². The number of carbonyl (C=O) groups is 1. The van der Waals surface area contributed by atoms with Crippen molar-refractivity contribution in [3.8, 4) is 5.75 Å². The Bertz CT molecular complexity index is 1180. The molecule has 0 radical (unpaired) electrons. The Balaban J connectivity index is 1.91. The van der Waals surface area contributed by atoms with Crippen molar-refractivity contribution >= 4 is 27.3 Å². The molecule has 31 heavy (non-hydrogen) atoms. The van der Waals surface area contributed by atoms with Gasteiger partial charge in [0.15, 0.2) is 0 Å². The molecule has 0 bridgehead atoms. The van der Waals surface area contributed by atoms with Crippen molar-refractivity contribution in [2.45, 2.75) is 25.2 Å². The van der Waals surface area contributed by atoms with Gasteiger partial charge in [-0.15, -0.1) is 0 Å². The van der Waals surface area contributed by atoms with E-state index >= 15 is 0 Å². The second-order valence-electron chi connectivity index (χ2n) is 6.68. The van der Waals surface area contributed by atoms with Gasteiger partial charge in [0, 0.05) is 5.69 Å². The Labute approximate surface area is 181 Å². The van der Waals surface area contributed by atoms with Gasteiger partial charge >= 0.3 is 0 Å². The first-order chi connectivity index (χ1) is 14.8. The summed E-state index contributed by atoms with van der Waals surface area (Å²) in [6, 6.07) is 16.7. The first kappa shape index (κ1) is 22.3. The molecular formula is C23H23FN2O4S. The van der Waals surface area contributed by atoms with Crippen molar-refractivity contribution < 1.29 is 22.3 Å². The average Bonchev–Trinajstić information content (AvgIpc) is 2.75. The lowest BCUT2D eigenvalue weighted by Crippen LogP contribution is -2.17. The first-order valence-electron chi connectivity index (χ1n) is 9.78. The molecule has 0 aliphatic carbocycles. The molecule has 0 saturated heterocycles. The fourth-order valence-corrected chi connectivity index (χ4v) is 4.00. The third-order valence-corrected chi connectivity index (χ3v) is 5.92. The summed E-state index contributed by atoms with van der Waals surface area (Å²) in [5.74, 6) is -1.12. The number of ether oxygens (including phenoxy) is 1. The van der Waals surface area contributed by atoms with Gasteiger partial charge in [0.05, 0.1) is 22.8 Å². The highest BCUT2D eigenvalue weighted by molar-refractivity contribution is 7.92. The van der Waals surface area contributed by atoms with Crippen LogP contribution >= 0.6 is 0 Å². The van der Waals surface area contributed by atoms with Gasteiger partial charge in [0.1, 0.15) is 11.6 Å². The van der Waals surface area contributed by atoms with Gasteiger partial charge in [-0.2, -0.15) is 0 Å². The molecule has 2 N–H and O–H groups in total. The summed E-state index contributed by atoms with van der Waals surface area (Å²) in [6.07, 6.45) is 0.844. The zero-order valence-electron chi connectivity index (χ0n) is 17.2. The zero-order chi connectivity index (χ0) is 22.4. The highest BCUT2D eigenvalue weighted by Crippen LogP contribution is 2.29. The van der Waals surface area contributed by atoms with Crippen molar-refractivity contribution in [3.05, 3.63) is 83.7 Å². The number of hydrogen-bond acceptors (Lipinski definition) is 4. The average molecular weight is 443 g/mol. The van der Waals surface area contributed by atoms with Crippen LogP contribution in [0.1, 0.15) is 29.8 Å². The topological polar surface area (TPSA) is 84.5 Å². The highest BCUT2D eigenvalue weighted by atomic mass is 32.2. The summed E-state index contributed by atoms with van der Waals surface area (Å²) < 4.78 is 47.7. The summed E-state index contributed by atoms with van der Waals surface area (Å²) >= 11 is 0. The smallest absolute Gasteiger partial charge is 0.261 e. The monoisotopic (exact) mass is 442 g/mol. The van der Waals surface area contributed by atoms with Gasteiger partial charge < -0.3 is 10.1 Å². The molecule has 3 aromatic rings. The number of anilines is 2. The molecule has 6 nitrogen and oxygen atoms in total. The minimum absolute atomic E-state index is 0.0700.